The highest BCUT2D eigenvalue weighted by atomic mass is 16.6. The molecule has 33 heavy (non-hydrogen) atoms. The maximum Gasteiger partial charge on any atom is 0.282 e. The number of nitrogens with zero attached hydrogens (tertiary/aromatic N) is 3. The van der Waals surface area contributed by atoms with E-state index in [0.29, 0.717) is 22.4 Å². The Labute approximate surface area is 186 Å². The van der Waals surface area contributed by atoms with Gasteiger partial charge in [-0.2, -0.15) is 5.10 Å². The molecule has 4 N–H and O–H groups in total. The summed E-state index contributed by atoms with van der Waals surface area (Å²) in [4.78, 5) is 30.6. The largest absolute Gasteiger partial charge is 0.507 e. The molecule has 0 aliphatic rings. The number of fused-ring (bicyclic) bond motifs is 1. The molecule has 1 amide bonds. The van der Waals surface area contributed by atoms with Crippen molar-refractivity contribution in [2.24, 2.45) is 5.10 Å². The molecule has 0 saturated heterocycles. The summed E-state index contributed by atoms with van der Waals surface area (Å²) in [5.41, 5.74) is 3.88. The van der Waals surface area contributed by atoms with Crippen LogP contribution >= 0.6 is 0 Å². The number of carbonyl (C=O) groups excluding carboxylic acids is 1. The molecular weight excluding hydrogens is 430 g/mol. The van der Waals surface area contributed by atoms with Crippen LogP contribution in [0.2, 0.25) is 0 Å². The fraction of sp³-hybridized carbons (Fsp3) is 0.0455. The van der Waals surface area contributed by atoms with Gasteiger partial charge < -0.3 is 19.9 Å². The number of ether oxygens (including phenoxy) is 1. The van der Waals surface area contributed by atoms with Gasteiger partial charge in [-0.05, 0) is 36.4 Å². The molecule has 0 saturated carbocycles. The van der Waals surface area contributed by atoms with E-state index in [1.54, 1.807) is 42.5 Å². The summed E-state index contributed by atoms with van der Waals surface area (Å²) in [5, 5.41) is 34.9. The molecule has 11 nitrogen and oxygen atoms in total. The van der Waals surface area contributed by atoms with Crippen molar-refractivity contribution < 1.29 is 24.7 Å². The van der Waals surface area contributed by atoms with Gasteiger partial charge in [0, 0.05) is 5.56 Å². The van der Waals surface area contributed by atoms with Gasteiger partial charge in [0.2, 0.25) is 0 Å². The van der Waals surface area contributed by atoms with E-state index in [-0.39, 0.29) is 34.1 Å². The van der Waals surface area contributed by atoms with Gasteiger partial charge in [0.25, 0.3) is 11.6 Å². The summed E-state index contributed by atoms with van der Waals surface area (Å²) in [6.07, 6.45) is 1.06. The minimum absolute atomic E-state index is 0.0186. The number of carbonyl (C=O) groups is 1. The second-order valence-corrected chi connectivity index (χ2v) is 6.87. The highest BCUT2D eigenvalue weighted by Gasteiger charge is 2.18. The number of hydrazone groups is 1. The normalized spacial score (nSPS) is 11.1. The van der Waals surface area contributed by atoms with Crippen molar-refractivity contribution in [2.45, 2.75) is 0 Å². The Balaban J connectivity index is 1.55. The van der Waals surface area contributed by atoms with Crippen LogP contribution in [-0.4, -0.2) is 44.3 Å². The van der Waals surface area contributed by atoms with Crippen molar-refractivity contribution in [1.82, 2.24) is 15.4 Å². The van der Waals surface area contributed by atoms with Gasteiger partial charge in [-0.1, -0.05) is 12.1 Å². The zero-order chi connectivity index (χ0) is 23.5. The molecule has 0 fully saturated rings. The number of aromatic nitrogens is 2. The van der Waals surface area contributed by atoms with Crippen LogP contribution in [0.4, 0.5) is 5.69 Å². The lowest BCUT2D eigenvalue weighted by Crippen LogP contribution is -2.17. The second kappa shape index (κ2) is 8.67. The van der Waals surface area contributed by atoms with Crippen LogP contribution in [0.1, 0.15) is 15.9 Å². The minimum atomic E-state index is -0.653. The molecule has 4 rings (SSSR count). The molecule has 4 aromatic rings. The van der Waals surface area contributed by atoms with Crippen molar-refractivity contribution in [1.29, 1.82) is 0 Å². The summed E-state index contributed by atoms with van der Waals surface area (Å²) < 4.78 is 4.87. The van der Waals surface area contributed by atoms with Crippen LogP contribution in [-0.2, 0) is 0 Å². The number of benzene rings is 3. The van der Waals surface area contributed by atoms with E-state index in [9.17, 15) is 25.1 Å². The number of nitro benzene ring substituents is 1. The SMILES string of the molecule is COc1cc([N+](=O)[O-])c(/C=N/NC(=O)c2ccc3nc(-c4ccccc4O)[nH]c3c2)cc1O. The van der Waals surface area contributed by atoms with Gasteiger partial charge in [-0.3, -0.25) is 14.9 Å². The van der Waals surface area contributed by atoms with Crippen molar-refractivity contribution in [3.8, 4) is 28.6 Å². The summed E-state index contributed by atoms with van der Waals surface area (Å²) >= 11 is 0. The molecule has 0 radical (unpaired) electrons. The fourth-order valence-electron chi connectivity index (χ4n) is 3.18. The number of imidazole rings is 1. The number of aromatic hydroxyl groups is 2. The zero-order valence-corrected chi connectivity index (χ0v) is 17.1. The number of methoxy groups -OCH3 is 1. The Bertz CT molecular complexity index is 1410. The lowest BCUT2D eigenvalue weighted by Gasteiger charge is -2.05. The van der Waals surface area contributed by atoms with Crippen LogP contribution in [0.15, 0.2) is 59.7 Å². The maximum atomic E-state index is 12.5. The van der Waals surface area contributed by atoms with Crippen LogP contribution in [0.5, 0.6) is 17.2 Å². The molecule has 0 spiro atoms. The highest BCUT2D eigenvalue weighted by Crippen LogP contribution is 2.33. The molecular formula is C22H17N5O6. The molecule has 0 atom stereocenters. The highest BCUT2D eigenvalue weighted by molar-refractivity contribution is 5.98. The topological polar surface area (TPSA) is 163 Å². The van der Waals surface area contributed by atoms with Crippen molar-refractivity contribution in [3.05, 3.63) is 75.8 Å². The molecule has 0 bridgehead atoms. The zero-order valence-electron chi connectivity index (χ0n) is 17.1. The van der Waals surface area contributed by atoms with E-state index < -0.39 is 10.8 Å². The molecule has 0 aliphatic heterocycles. The molecule has 11 heteroatoms. The number of para-hydroxylation sites is 1. The first-order chi connectivity index (χ1) is 15.9. The van der Waals surface area contributed by atoms with Gasteiger partial charge in [0.15, 0.2) is 11.5 Å². The van der Waals surface area contributed by atoms with Crippen LogP contribution in [0.3, 0.4) is 0 Å². The van der Waals surface area contributed by atoms with Crippen LogP contribution in [0, 0.1) is 10.1 Å². The standard InChI is InChI=1S/C22H17N5O6/c1-33-20-10-17(27(31)32)13(9-19(20)29)11-23-26-22(30)12-6-7-15-16(8-12)25-21(24-15)14-4-2-3-5-18(14)28/h2-11,28-29H,1H3,(H,24,25)(H,26,30)/b23-11+. The van der Waals surface area contributed by atoms with Crippen LogP contribution < -0.4 is 10.2 Å². The monoisotopic (exact) mass is 447 g/mol. The van der Waals surface area contributed by atoms with Gasteiger partial charge in [-0.15, -0.1) is 0 Å². The van der Waals surface area contributed by atoms with E-state index in [2.05, 4.69) is 20.5 Å². The number of aromatic amines is 1. The number of amides is 1. The van der Waals surface area contributed by atoms with Gasteiger partial charge in [0.1, 0.15) is 11.6 Å². The van der Waals surface area contributed by atoms with Gasteiger partial charge in [0.05, 0.1) is 46.5 Å². The van der Waals surface area contributed by atoms with E-state index >= 15 is 0 Å². The molecule has 1 aromatic heterocycles. The van der Waals surface area contributed by atoms with Crippen molar-refractivity contribution >= 4 is 28.8 Å². The molecule has 0 aliphatic carbocycles. The molecule has 166 valence electrons. The molecule has 0 unspecified atom stereocenters. The fourth-order valence-corrected chi connectivity index (χ4v) is 3.18. The molecule has 3 aromatic carbocycles. The third-order valence-corrected chi connectivity index (χ3v) is 4.80. The van der Waals surface area contributed by atoms with E-state index in [1.807, 2.05) is 0 Å². The van der Waals surface area contributed by atoms with Gasteiger partial charge in [-0.25, -0.2) is 10.4 Å². The van der Waals surface area contributed by atoms with Crippen molar-refractivity contribution in [3.63, 3.8) is 0 Å². The Hall–Kier alpha value is -4.93. The predicted octanol–water partition coefficient (Wildman–Crippen LogP) is 3.32. The number of nitro groups is 1. The van der Waals surface area contributed by atoms with E-state index in [1.165, 1.54) is 7.11 Å². The Morgan fingerprint density at radius 1 is 1.18 bits per heavy atom. The quantitative estimate of drug-likeness (QED) is 0.200. The Kier molecular flexibility index (Phi) is 5.60. The number of H-pyrrole nitrogens is 1. The Morgan fingerprint density at radius 2 is 1.97 bits per heavy atom. The molecule has 1 heterocycles. The minimum Gasteiger partial charge on any atom is -0.507 e. The summed E-state index contributed by atoms with van der Waals surface area (Å²) in [6.45, 7) is 0. The summed E-state index contributed by atoms with van der Waals surface area (Å²) in [7, 11) is 1.27. The lowest BCUT2D eigenvalue weighted by atomic mass is 10.1. The first-order valence-electron chi connectivity index (χ1n) is 9.54. The predicted molar refractivity (Wildman–Crippen MR) is 120 cm³/mol. The van der Waals surface area contributed by atoms with E-state index in [4.69, 9.17) is 4.74 Å². The Morgan fingerprint density at radius 3 is 2.70 bits per heavy atom. The first kappa shape index (κ1) is 21.3. The number of nitrogens with one attached hydrogen (secondary N) is 2. The van der Waals surface area contributed by atoms with Crippen LogP contribution in [0.25, 0.3) is 22.4 Å². The average molecular weight is 447 g/mol. The number of phenolic OH excluding ortho intramolecular Hbond substituents is 2. The third-order valence-electron chi connectivity index (χ3n) is 4.80. The van der Waals surface area contributed by atoms with E-state index in [0.717, 1.165) is 18.3 Å². The van der Waals surface area contributed by atoms with Crippen molar-refractivity contribution in [2.75, 3.05) is 7.11 Å². The lowest BCUT2D eigenvalue weighted by molar-refractivity contribution is -0.385. The smallest absolute Gasteiger partial charge is 0.282 e. The summed E-state index contributed by atoms with van der Waals surface area (Å²) in [6, 6.07) is 13.7. The maximum absolute atomic E-state index is 12.5. The van der Waals surface area contributed by atoms with Gasteiger partial charge >= 0.3 is 0 Å². The second-order valence-electron chi connectivity index (χ2n) is 6.87. The number of hydrogen-bond donors (Lipinski definition) is 4. The summed E-state index contributed by atoms with van der Waals surface area (Å²) in [5.74, 6) is -0.403. The number of phenols is 2. The third kappa shape index (κ3) is 4.28. The number of rotatable bonds is 6. The average Bonchev–Trinajstić information content (AvgIpc) is 3.22. The number of hydrogen-bond acceptors (Lipinski definition) is 8. The first-order valence-corrected chi connectivity index (χ1v) is 9.54.